The number of carbonyl (C=O) groups excluding carboxylic acids is 1. The lowest BCUT2D eigenvalue weighted by Crippen LogP contribution is -2.39. The average molecular weight is 457 g/mol. The molecule has 29 heavy (non-hydrogen) atoms. The Morgan fingerprint density at radius 2 is 2.03 bits per heavy atom. The van der Waals surface area contributed by atoms with Crippen LogP contribution >= 0.6 is 22.9 Å². The fraction of sp³-hybridized carbons (Fsp3) is 0.450. The zero-order valence-electron chi connectivity index (χ0n) is 16.2. The highest BCUT2D eigenvalue weighted by Gasteiger charge is 2.21. The highest BCUT2D eigenvalue weighted by molar-refractivity contribution is 7.89. The predicted octanol–water partition coefficient (Wildman–Crippen LogP) is 4.02. The summed E-state index contributed by atoms with van der Waals surface area (Å²) in [6.45, 7) is 1.78. The van der Waals surface area contributed by atoms with Gasteiger partial charge in [0.2, 0.25) is 10.0 Å². The van der Waals surface area contributed by atoms with E-state index >= 15 is 0 Å². The maximum Gasteiger partial charge on any atom is 0.258 e. The molecule has 2 N–H and O–H groups in total. The second-order valence-corrected chi connectivity index (χ2v) is 10.3. The fourth-order valence-corrected chi connectivity index (χ4v) is 5.65. The number of rotatable bonds is 8. The third-order valence-electron chi connectivity index (χ3n) is 4.86. The van der Waals surface area contributed by atoms with Crippen molar-refractivity contribution in [3.05, 3.63) is 45.1 Å². The first kappa shape index (κ1) is 22.1. The molecule has 2 aromatic rings. The normalized spacial score (nSPS) is 15.2. The second kappa shape index (κ2) is 9.93. The molecule has 1 saturated carbocycles. The molecule has 0 aliphatic heterocycles. The van der Waals surface area contributed by atoms with Crippen molar-refractivity contribution in [2.24, 2.45) is 0 Å². The summed E-state index contributed by atoms with van der Waals surface area (Å²) in [7, 11) is -3.82. The summed E-state index contributed by atoms with van der Waals surface area (Å²) in [6, 6.07) is 6.82. The van der Waals surface area contributed by atoms with E-state index in [0.29, 0.717) is 11.3 Å². The molecule has 0 radical (unpaired) electrons. The van der Waals surface area contributed by atoms with Gasteiger partial charge in [-0.25, -0.2) is 13.1 Å². The molecule has 9 heteroatoms. The Morgan fingerprint density at radius 3 is 2.72 bits per heavy atom. The van der Waals surface area contributed by atoms with Crippen LogP contribution in [0.4, 0.5) is 0 Å². The molecule has 0 unspecified atom stereocenters. The van der Waals surface area contributed by atoms with E-state index in [9.17, 15) is 13.2 Å². The van der Waals surface area contributed by atoms with Crippen LogP contribution in [0.15, 0.2) is 34.5 Å². The van der Waals surface area contributed by atoms with Crippen molar-refractivity contribution in [2.75, 3.05) is 6.61 Å². The monoisotopic (exact) mass is 456 g/mol. The lowest BCUT2D eigenvalue weighted by Gasteiger charge is -2.22. The van der Waals surface area contributed by atoms with Crippen molar-refractivity contribution in [2.45, 2.75) is 56.5 Å². The van der Waals surface area contributed by atoms with Crippen LogP contribution in [0.1, 0.15) is 42.5 Å². The standard InChI is InChI=1S/C20H25ClN2O4S2/c1-14-10-17(21)19(29(25,26)22-12-16-8-5-9-28-16)11-18(14)27-13-20(24)23-15-6-3-2-4-7-15/h5,8-11,15,22H,2-4,6-7,12-13H2,1H3,(H,23,24). The Bertz CT molecular complexity index is 940. The Morgan fingerprint density at radius 1 is 1.28 bits per heavy atom. The molecule has 1 aliphatic rings. The van der Waals surface area contributed by atoms with Gasteiger partial charge < -0.3 is 10.1 Å². The summed E-state index contributed by atoms with van der Waals surface area (Å²) < 4.78 is 33.5. The van der Waals surface area contributed by atoms with Gasteiger partial charge in [-0.05, 0) is 42.8 Å². The van der Waals surface area contributed by atoms with Gasteiger partial charge in [-0.15, -0.1) is 11.3 Å². The van der Waals surface area contributed by atoms with Crippen molar-refractivity contribution >= 4 is 38.9 Å². The molecule has 0 atom stereocenters. The summed E-state index contributed by atoms with van der Waals surface area (Å²) in [5.41, 5.74) is 0.665. The highest BCUT2D eigenvalue weighted by atomic mass is 35.5. The molecule has 1 heterocycles. The van der Waals surface area contributed by atoms with Crippen LogP contribution in [0.3, 0.4) is 0 Å². The van der Waals surface area contributed by atoms with Gasteiger partial charge in [-0.2, -0.15) is 0 Å². The van der Waals surface area contributed by atoms with Gasteiger partial charge in [0, 0.05) is 23.5 Å². The summed E-state index contributed by atoms with van der Waals surface area (Å²) >= 11 is 7.65. The van der Waals surface area contributed by atoms with Gasteiger partial charge in [-0.1, -0.05) is 36.9 Å². The molecule has 158 valence electrons. The van der Waals surface area contributed by atoms with Crippen LogP contribution in [-0.2, 0) is 21.4 Å². The van der Waals surface area contributed by atoms with Crippen molar-refractivity contribution < 1.29 is 17.9 Å². The van der Waals surface area contributed by atoms with Crippen LogP contribution < -0.4 is 14.8 Å². The summed E-state index contributed by atoms with van der Waals surface area (Å²) in [5, 5.41) is 4.97. The lowest BCUT2D eigenvalue weighted by molar-refractivity contribution is -0.124. The van der Waals surface area contributed by atoms with Crippen LogP contribution in [-0.4, -0.2) is 27.0 Å². The van der Waals surface area contributed by atoms with Crippen molar-refractivity contribution in [3.63, 3.8) is 0 Å². The van der Waals surface area contributed by atoms with Crippen LogP contribution in [0.5, 0.6) is 5.75 Å². The number of halogens is 1. The average Bonchev–Trinajstić information content (AvgIpc) is 3.20. The number of thiophene rings is 1. The van der Waals surface area contributed by atoms with E-state index < -0.39 is 10.0 Å². The number of ether oxygens (including phenoxy) is 1. The summed E-state index contributed by atoms with van der Waals surface area (Å²) in [6.07, 6.45) is 5.45. The van der Waals surface area contributed by atoms with E-state index in [2.05, 4.69) is 10.0 Å². The Hall–Kier alpha value is -1.61. The predicted molar refractivity (Wildman–Crippen MR) is 115 cm³/mol. The van der Waals surface area contributed by atoms with Gasteiger partial charge in [-0.3, -0.25) is 4.79 Å². The van der Waals surface area contributed by atoms with Gasteiger partial charge in [0.25, 0.3) is 5.91 Å². The number of hydrogen-bond acceptors (Lipinski definition) is 5. The SMILES string of the molecule is Cc1cc(Cl)c(S(=O)(=O)NCc2cccs2)cc1OCC(=O)NC1CCCCC1. The Balaban J connectivity index is 1.65. The van der Waals surface area contributed by atoms with E-state index in [0.717, 1.165) is 30.6 Å². The summed E-state index contributed by atoms with van der Waals surface area (Å²) in [5.74, 6) is 0.121. The molecule has 0 spiro atoms. The molecule has 1 aliphatic carbocycles. The zero-order valence-corrected chi connectivity index (χ0v) is 18.6. The number of carbonyl (C=O) groups is 1. The van der Waals surface area contributed by atoms with E-state index in [4.69, 9.17) is 16.3 Å². The van der Waals surface area contributed by atoms with Gasteiger partial charge in [0.05, 0.1) is 5.02 Å². The van der Waals surface area contributed by atoms with Gasteiger partial charge in [0.15, 0.2) is 6.61 Å². The lowest BCUT2D eigenvalue weighted by atomic mass is 9.95. The van der Waals surface area contributed by atoms with E-state index in [1.54, 1.807) is 6.92 Å². The first-order valence-electron chi connectivity index (χ1n) is 9.59. The number of nitrogens with one attached hydrogen (secondary N) is 2. The van der Waals surface area contributed by atoms with Crippen molar-refractivity contribution in [1.82, 2.24) is 10.0 Å². The van der Waals surface area contributed by atoms with Crippen molar-refractivity contribution in [1.29, 1.82) is 0 Å². The number of amides is 1. The van der Waals surface area contributed by atoms with E-state index in [-0.39, 0.29) is 35.0 Å². The number of sulfonamides is 1. The third-order valence-corrected chi connectivity index (χ3v) is 7.61. The second-order valence-electron chi connectivity index (χ2n) is 7.14. The van der Waals surface area contributed by atoms with Gasteiger partial charge in [0.1, 0.15) is 10.6 Å². The minimum Gasteiger partial charge on any atom is -0.483 e. The zero-order chi connectivity index (χ0) is 20.9. The number of aryl methyl sites for hydroxylation is 1. The van der Waals surface area contributed by atoms with Crippen LogP contribution in [0.2, 0.25) is 5.02 Å². The number of hydrogen-bond donors (Lipinski definition) is 2. The molecule has 3 rings (SSSR count). The molecule has 0 saturated heterocycles. The number of benzene rings is 1. The quantitative estimate of drug-likeness (QED) is 0.628. The Labute approximate surface area is 180 Å². The van der Waals surface area contributed by atoms with Crippen LogP contribution in [0, 0.1) is 6.92 Å². The maximum absolute atomic E-state index is 12.7. The van der Waals surface area contributed by atoms with Crippen molar-refractivity contribution in [3.8, 4) is 5.75 Å². The van der Waals surface area contributed by atoms with E-state index in [1.807, 2.05) is 17.5 Å². The van der Waals surface area contributed by atoms with Crippen LogP contribution in [0.25, 0.3) is 0 Å². The Kier molecular flexibility index (Phi) is 7.56. The highest BCUT2D eigenvalue weighted by Crippen LogP contribution is 2.30. The van der Waals surface area contributed by atoms with Gasteiger partial charge >= 0.3 is 0 Å². The first-order chi connectivity index (χ1) is 13.8. The largest absolute Gasteiger partial charge is 0.483 e. The molecule has 0 bridgehead atoms. The molecular formula is C20H25ClN2O4S2. The molecule has 1 amide bonds. The summed E-state index contributed by atoms with van der Waals surface area (Å²) in [4.78, 5) is 13.0. The molecule has 1 fully saturated rings. The molecule has 1 aromatic carbocycles. The smallest absolute Gasteiger partial charge is 0.258 e. The fourth-order valence-electron chi connectivity index (χ4n) is 3.31. The van der Waals surface area contributed by atoms with E-state index in [1.165, 1.54) is 29.9 Å². The molecular weight excluding hydrogens is 432 g/mol. The minimum atomic E-state index is -3.82. The minimum absolute atomic E-state index is 0.0657. The third kappa shape index (κ3) is 6.18. The first-order valence-corrected chi connectivity index (χ1v) is 12.3. The maximum atomic E-state index is 12.7. The topological polar surface area (TPSA) is 84.5 Å². The molecule has 6 nitrogen and oxygen atoms in total. The molecule has 1 aromatic heterocycles.